The van der Waals surface area contributed by atoms with Crippen LogP contribution >= 0.6 is 0 Å². The van der Waals surface area contributed by atoms with Crippen LogP contribution in [0.1, 0.15) is 24.8 Å². The molecule has 1 atom stereocenters. The van der Waals surface area contributed by atoms with Crippen molar-refractivity contribution in [2.75, 3.05) is 18.6 Å². The standard InChI is InChI=1S/C13H15NO3/c1-3-17-9-4-5-12-11(8-9)10(6-7-15)13(16)14(12)2/h4-5,7-8,10H,3,6H2,1-2H3. The second kappa shape index (κ2) is 4.57. The minimum Gasteiger partial charge on any atom is -0.494 e. The highest BCUT2D eigenvalue weighted by Crippen LogP contribution is 2.39. The summed E-state index contributed by atoms with van der Waals surface area (Å²) >= 11 is 0. The first kappa shape index (κ1) is 11.6. The molecule has 0 saturated carbocycles. The molecular weight excluding hydrogens is 218 g/mol. The van der Waals surface area contributed by atoms with Crippen molar-refractivity contribution in [3.8, 4) is 5.75 Å². The topological polar surface area (TPSA) is 46.6 Å². The second-order valence-corrected chi connectivity index (χ2v) is 4.01. The molecule has 0 fully saturated rings. The summed E-state index contributed by atoms with van der Waals surface area (Å²) in [5, 5.41) is 0. The van der Waals surface area contributed by atoms with Crippen LogP contribution in [0.3, 0.4) is 0 Å². The molecule has 1 aliphatic rings. The van der Waals surface area contributed by atoms with Crippen LogP contribution in [0.5, 0.6) is 5.75 Å². The molecule has 0 N–H and O–H groups in total. The molecule has 90 valence electrons. The first-order valence-electron chi connectivity index (χ1n) is 5.67. The van der Waals surface area contributed by atoms with Gasteiger partial charge >= 0.3 is 0 Å². The van der Waals surface area contributed by atoms with Crippen LogP contribution in [0, 0.1) is 0 Å². The van der Waals surface area contributed by atoms with Crippen LogP contribution in [0.25, 0.3) is 0 Å². The highest BCUT2D eigenvalue weighted by molar-refractivity contribution is 6.05. The van der Waals surface area contributed by atoms with Crippen LogP contribution in [0.4, 0.5) is 5.69 Å². The monoisotopic (exact) mass is 233 g/mol. The third kappa shape index (κ3) is 1.90. The van der Waals surface area contributed by atoms with Crippen LogP contribution in [0.15, 0.2) is 18.2 Å². The van der Waals surface area contributed by atoms with Crippen LogP contribution in [0.2, 0.25) is 0 Å². The molecule has 0 saturated heterocycles. The van der Waals surface area contributed by atoms with Crippen molar-refractivity contribution in [3.05, 3.63) is 23.8 Å². The molecule has 1 heterocycles. The number of carbonyl (C=O) groups excluding carboxylic acids is 2. The molecule has 0 aliphatic carbocycles. The Bertz CT molecular complexity index is 456. The van der Waals surface area contributed by atoms with E-state index in [2.05, 4.69) is 0 Å². The number of aldehydes is 1. The maximum absolute atomic E-state index is 11.9. The third-order valence-corrected chi connectivity index (χ3v) is 3.01. The number of carbonyl (C=O) groups is 2. The molecule has 1 aliphatic heterocycles. The maximum atomic E-state index is 11.9. The predicted molar refractivity (Wildman–Crippen MR) is 64.4 cm³/mol. The average molecular weight is 233 g/mol. The highest BCUT2D eigenvalue weighted by Gasteiger charge is 2.34. The van der Waals surface area contributed by atoms with Gasteiger partial charge in [0, 0.05) is 19.2 Å². The van der Waals surface area contributed by atoms with Crippen molar-refractivity contribution in [1.82, 2.24) is 0 Å². The lowest BCUT2D eigenvalue weighted by molar-refractivity contribution is -0.121. The molecule has 4 heteroatoms. The zero-order chi connectivity index (χ0) is 12.4. The van der Waals surface area contributed by atoms with Gasteiger partial charge in [-0.05, 0) is 30.7 Å². The average Bonchev–Trinajstić information content (AvgIpc) is 2.55. The zero-order valence-corrected chi connectivity index (χ0v) is 9.97. The molecular formula is C13H15NO3. The van der Waals surface area contributed by atoms with Crippen molar-refractivity contribution in [2.24, 2.45) is 0 Å². The zero-order valence-electron chi connectivity index (χ0n) is 9.97. The van der Waals surface area contributed by atoms with Gasteiger partial charge in [-0.25, -0.2) is 0 Å². The number of benzene rings is 1. The first-order chi connectivity index (χ1) is 8.19. The Morgan fingerprint density at radius 3 is 2.88 bits per heavy atom. The van der Waals surface area contributed by atoms with Crippen LogP contribution in [-0.4, -0.2) is 25.8 Å². The van der Waals surface area contributed by atoms with E-state index < -0.39 is 0 Å². The number of fused-ring (bicyclic) bond motifs is 1. The van der Waals surface area contributed by atoms with Crippen molar-refractivity contribution in [3.63, 3.8) is 0 Å². The van der Waals surface area contributed by atoms with E-state index in [0.717, 1.165) is 23.3 Å². The lowest BCUT2D eigenvalue weighted by Gasteiger charge is -2.10. The van der Waals surface area contributed by atoms with Crippen molar-refractivity contribution < 1.29 is 14.3 Å². The number of hydrogen-bond donors (Lipinski definition) is 0. The van der Waals surface area contributed by atoms with E-state index in [-0.39, 0.29) is 18.2 Å². The van der Waals surface area contributed by atoms with Crippen molar-refractivity contribution in [1.29, 1.82) is 0 Å². The Balaban J connectivity index is 2.41. The fourth-order valence-electron chi connectivity index (χ4n) is 2.18. The van der Waals surface area contributed by atoms with Gasteiger partial charge in [0.15, 0.2) is 0 Å². The summed E-state index contributed by atoms with van der Waals surface area (Å²) < 4.78 is 5.41. The molecule has 0 aromatic heterocycles. The van der Waals surface area contributed by atoms with Gasteiger partial charge in [-0.2, -0.15) is 0 Å². The predicted octanol–water partition coefficient (Wildman–Crippen LogP) is 1.73. The van der Waals surface area contributed by atoms with Crippen LogP contribution in [-0.2, 0) is 9.59 Å². The summed E-state index contributed by atoms with van der Waals surface area (Å²) in [5.74, 6) is 0.360. The van der Waals surface area contributed by atoms with Crippen LogP contribution < -0.4 is 9.64 Å². The van der Waals surface area contributed by atoms with E-state index in [1.165, 1.54) is 0 Å². The van der Waals surface area contributed by atoms with Gasteiger partial charge in [-0.3, -0.25) is 4.79 Å². The summed E-state index contributed by atoms with van der Waals surface area (Å²) in [7, 11) is 1.73. The van der Waals surface area contributed by atoms with E-state index >= 15 is 0 Å². The number of nitrogens with zero attached hydrogens (tertiary/aromatic N) is 1. The largest absolute Gasteiger partial charge is 0.494 e. The summed E-state index contributed by atoms with van der Waals surface area (Å²) in [6, 6.07) is 5.56. The number of anilines is 1. The Morgan fingerprint density at radius 1 is 1.47 bits per heavy atom. The molecule has 0 radical (unpaired) electrons. The Kier molecular flexibility index (Phi) is 3.13. The Hall–Kier alpha value is -1.84. The van der Waals surface area contributed by atoms with Gasteiger partial charge in [-0.15, -0.1) is 0 Å². The SMILES string of the molecule is CCOc1ccc2c(c1)C(CC=O)C(=O)N2C. The Morgan fingerprint density at radius 2 is 2.24 bits per heavy atom. The van der Waals surface area contributed by atoms with Gasteiger partial charge in [0.05, 0.1) is 12.5 Å². The molecule has 17 heavy (non-hydrogen) atoms. The molecule has 0 spiro atoms. The van der Waals surface area contributed by atoms with Crippen molar-refractivity contribution in [2.45, 2.75) is 19.3 Å². The van der Waals surface area contributed by atoms with Gasteiger partial charge in [-0.1, -0.05) is 0 Å². The molecule has 4 nitrogen and oxygen atoms in total. The van der Waals surface area contributed by atoms with E-state index in [0.29, 0.717) is 6.61 Å². The lowest BCUT2D eigenvalue weighted by Crippen LogP contribution is -2.24. The molecule has 1 unspecified atom stereocenters. The van der Waals surface area contributed by atoms with Gasteiger partial charge in [0.25, 0.3) is 0 Å². The highest BCUT2D eigenvalue weighted by atomic mass is 16.5. The lowest BCUT2D eigenvalue weighted by atomic mass is 9.98. The van der Waals surface area contributed by atoms with E-state index in [4.69, 9.17) is 4.74 Å². The Labute approximate surface area is 100 Å². The van der Waals surface area contributed by atoms with Gasteiger partial charge < -0.3 is 14.4 Å². The molecule has 2 rings (SSSR count). The molecule has 1 aromatic rings. The minimum absolute atomic E-state index is 0.0271. The normalized spacial score (nSPS) is 18.1. The summed E-state index contributed by atoms with van der Waals surface area (Å²) in [4.78, 5) is 24.2. The fraction of sp³-hybridized carbons (Fsp3) is 0.385. The van der Waals surface area contributed by atoms with Crippen molar-refractivity contribution >= 4 is 17.9 Å². The second-order valence-electron chi connectivity index (χ2n) is 4.01. The molecule has 0 bridgehead atoms. The quantitative estimate of drug-likeness (QED) is 0.744. The molecule has 1 amide bonds. The van der Waals surface area contributed by atoms with Gasteiger partial charge in [0.2, 0.25) is 5.91 Å². The number of amides is 1. The summed E-state index contributed by atoms with van der Waals surface area (Å²) in [6.07, 6.45) is 1.02. The smallest absolute Gasteiger partial charge is 0.234 e. The number of ether oxygens (including phenoxy) is 1. The third-order valence-electron chi connectivity index (χ3n) is 3.01. The van der Waals surface area contributed by atoms with E-state index in [9.17, 15) is 9.59 Å². The first-order valence-corrected chi connectivity index (χ1v) is 5.67. The summed E-state index contributed by atoms with van der Waals surface area (Å²) in [6.45, 7) is 2.49. The number of hydrogen-bond acceptors (Lipinski definition) is 3. The fourth-order valence-corrected chi connectivity index (χ4v) is 2.18. The minimum atomic E-state index is -0.354. The molecule has 1 aromatic carbocycles. The number of likely N-dealkylation sites (N-methyl/N-ethyl adjacent to an activating group) is 1. The summed E-state index contributed by atoms with van der Waals surface area (Å²) in [5.41, 5.74) is 1.75. The van der Waals surface area contributed by atoms with E-state index in [1.54, 1.807) is 11.9 Å². The van der Waals surface area contributed by atoms with E-state index in [1.807, 2.05) is 25.1 Å². The van der Waals surface area contributed by atoms with Gasteiger partial charge in [0.1, 0.15) is 12.0 Å². The number of rotatable bonds is 4. The maximum Gasteiger partial charge on any atom is 0.234 e.